The van der Waals surface area contributed by atoms with Crippen LogP contribution in [0.15, 0.2) is 41.4 Å². The Balaban J connectivity index is 2.21. The number of aryl methyl sites for hydroxylation is 1. The minimum absolute atomic E-state index is 0.136. The lowest BCUT2D eigenvalue weighted by Crippen LogP contribution is -2.17. The first-order valence-electron chi connectivity index (χ1n) is 8.74. The number of carbonyl (C=O) groups is 1. The Kier molecular flexibility index (Phi) is 6.11. The van der Waals surface area contributed by atoms with Crippen molar-refractivity contribution in [3.05, 3.63) is 61.9 Å². The van der Waals surface area contributed by atoms with E-state index in [1.807, 2.05) is 36.6 Å². The molecule has 1 amide bonds. The molecule has 0 atom stereocenters. The lowest BCUT2D eigenvalue weighted by atomic mass is 10.2. The highest BCUT2D eigenvalue weighted by Crippen LogP contribution is 2.28. The Labute approximate surface area is 170 Å². The molecular weight excluding hydrogens is 402 g/mol. The van der Waals surface area contributed by atoms with Crippen molar-refractivity contribution in [3.63, 3.8) is 0 Å². The van der Waals surface area contributed by atoms with Crippen LogP contribution in [0.4, 0.5) is 5.69 Å². The average Bonchev–Trinajstić information content (AvgIpc) is 3.00. The van der Waals surface area contributed by atoms with Gasteiger partial charge in [-0.15, -0.1) is 0 Å². The highest BCUT2D eigenvalue weighted by Gasteiger charge is 2.21. The van der Waals surface area contributed by atoms with Gasteiger partial charge in [0.1, 0.15) is 16.8 Å². The fourth-order valence-electron chi connectivity index (χ4n) is 2.87. The second-order valence-corrected chi connectivity index (χ2v) is 7.35. The summed E-state index contributed by atoms with van der Waals surface area (Å²) in [5.41, 5.74) is 0.405. The van der Waals surface area contributed by atoms with Crippen LogP contribution in [-0.2, 0) is 6.54 Å². The number of nitrogens with zero attached hydrogens (tertiary/aromatic N) is 3. The summed E-state index contributed by atoms with van der Waals surface area (Å²) >= 11 is 7.27. The molecule has 0 saturated heterocycles. The molecule has 3 aromatic rings. The first kappa shape index (κ1) is 20.0. The molecule has 0 aliphatic carbocycles. The van der Waals surface area contributed by atoms with Crippen LogP contribution in [0.25, 0.3) is 10.2 Å². The molecule has 0 aliphatic heterocycles. The minimum atomic E-state index is -0.705. The zero-order chi connectivity index (χ0) is 20.3. The number of hydrogen-bond donors (Lipinski definition) is 0. The Hall–Kier alpha value is -2.71. The predicted octanol–water partition coefficient (Wildman–Crippen LogP) is 4.81. The van der Waals surface area contributed by atoms with Crippen molar-refractivity contribution >= 4 is 44.7 Å². The molecule has 7 nitrogen and oxygen atoms in total. The lowest BCUT2D eigenvalue weighted by molar-refractivity contribution is -0.385. The minimum Gasteiger partial charge on any atom is -0.492 e. The maximum Gasteiger partial charge on any atom is 0.286 e. The van der Waals surface area contributed by atoms with Gasteiger partial charge in [-0.2, -0.15) is 4.99 Å². The van der Waals surface area contributed by atoms with Crippen molar-refractivity contribution in [2.24, 2.45) is 4.99 Å². The number of hydrogen-bond acceptors (Lipinski definition) is 5. The average molecular weight is 420 g/mol. The fraction of sp³-hybridized carbons (Fsp3) is 0.263. The van der Waals surface area contributed by atoms with Gasteiger partial charge in [0.15, 0.2) is 4.80 Å². The van der Waals surface area contributed by atoms with Crippen molar-refractivity contribution in [3.8, 4) is 5.75 Å². The van der Waals surface area contributed by atoms with Crippen molar-refractivity contribution in [1.82, 2.24) is 4.57 Å². The number of halogens is 1. The van der Waals surface area contributed by atoms with Gasteiger partial charge in [-0.25, -0.2) is 0 Å². The number of amides is 1. The molecule has 0 fully saturated rings. The number of benzene rings is 2. The molecule has 0 N–H and O–H groups in total. The molecule has 0 radical (unpaired) electrons. The van der Waals surface area contributed by atoms with E-state index in [4.69, 9.17) is 16.3 Å². The number of nitro benzene ring substituents is 1. The molecular formula is C19H18ClN3O4S. The SMILES string of the molecule is CCCn1c(=NC(=O)c2cc(Cl)ccc2[N+](=O)[O-])sc2cccc(OCC)c21. The van der Waals surface area contributed by atoms with Crippen molar-refractivity contribution in [2.45, 2.75) is 26.8 Å². The van der Waals surface area contributed by atoms with Crippen molar-refractivity contribution < 1.29 is 14.5 Å². The molecule has 0 spiro atoms. The number of aromatic nitrogens is 1. The summed E-state index contributed by atoms with van der Waals surface area (Å²) < 4.78 is 8.57. The summed E-state index contributed by atoms with van der Waals surface area (Å²) in [5, 5.41) is 11.5. The molecule has 9 heteroatoms. The molecule has 0 aliphatic rings. The van der Waals surface area contributed by atoms with Gasteiger partial charge in [0.05, 0.1) is 16.2 Å². The van der Waals surface area contributed by atoms with Crippen LogP contribution in [0, 0.1) is 10.1 Å². The lowest BCUT2D eigenvalue weighted by Gasteiger charge is -2.08. The number of carbonyl (C=O) groups excluding carboxylic acids is 1. The van der Waals surface area contributed by atoms with Crippen molar-refractivity contribution in [2.75, 3.05) is 6.61 Å². The highest BCUT2D eigenvalue weighted by atomic mass is 35.5. The first-order chi connectivity index (χ1) is 13.5. The number of thiazole rings is 1. The van der Waals surface area contributed by atoms with E-state index in [2.05, 4.69) is 4.99 Å². The van der Waals surface area contributed by atoms with Crippen LogP contribution < -0.4 is 9.54 Å². The summed E-state index contributed by atoms with van der Waals surface area (Å²) in [6.45, 7) is 5.07. The quantitative estimate of drug-likeness (QED) is 0.423. The summed E-state index contributed by atoms with van der Waals surface area (Å²) in [6, 6.07) is 9.55. The largest absolute Gasteiger partial charge is 0.492 e. The van der Waals surface area contributed by atoms with Gasteiger partial charge in [-0.05, 0) is 37.6 Å². The zero-order valence-corrected chi connectivity index (χ0v) is 16.9. The Morgan fingerprint density at radius 3 is 2.79 bits per heavy atom. The van der Waals surface area contributed by atoms with Crippen LogP contribution in [0.3, 0.4) is 0 Å². The summed E-state index contributed by atoms with van der Waals surface area (Å²) in [5.74, 6) is 0.0101. The van der Waals surface area contributed by atoms with Gasteiger partial charge in [0.25, 0.3) is 11.6 Å². The number of rotatable bonds is 6. The van der Waals surface area contributed by atoms with Crippen molar-refractivity contribution in [1.29, 1.82) is 0 Å². The van der Waals surface area contributed by atoms with E-state index < -0.39 is 10.8 Å². The molecule has 3 rings (SSSR count). The summed E-state index contributed by atoms with van der Waals surface area (Å²) in [4.78, 5) is 28.1. The van der Waals surface area contributed by atoms with Gasteiger partial charge >= 0.3 is 0 Å². The van der Waals surface area contributed by atoms with Gasteiger partial charge in [0, 0.05) is 17.6 Å². The summed E-state index contributed by atoms with van der Waals surface area (Å²) in [7, 11) is 0. The predicted molar refractivity (Wildman–Crippen MR) is 109 cm³/mol. The third-order valence-electron chi connectivity index (χ3n) is 3.99. The number of ether oxygens (including phenoxy) is 1. The fourth-order valence-corrected chi connectivity index (χ4v) is 4.12. The summed E-state index contributed by atoms with van der Waals surface area (Å²) in [6.07, 6.45) is 0.824. The van der Waals surface area contributed by atoms with Gasteiger partial charge < -0.3 is 9.30 Å². The monoisotopic (exact) mass is 419 g/mol. The third kappa shape index (κ3) is 3.93. The van der Waals surface area contributed by atoms with Crippen LogP contribution >= 0.6 is 22.9 Å². The van der Waals surface area contributed by atoms with E-state index in [0.717, 1.165) is 16.6 Å². The van der Waals surface area contributed by atoms with Gasteiger partial charge in [0.2, 0.25) is 0 Å². The maximum atomic E-state index is 12.8. The molecule has 0 saturated carbocycles. The molecule has 0 unspecified atom stereocenters. The molecule has 2 aromatic carbocycles. The normalized spacial score (nSPS) is 11.8. The van der Waals surface area contributed by atoms with E-state index in [0.29, 0.717) is 23.7 Å². The second kappa shape index (κ2) is 8.53. The zero-order valence-electron chi connectivity index (χ0n) is 15.3. The number of nitro groups is 1. The topological polar surface area (TPSA) is 86.7 Å². The number of para-hydroxylation sites is 1. The van der Waals surface area contributed by atoms with Gasteiger partial charge in [-0.3, -0.25) is 14.9 Å². The van der Waals surface area contributed by atoms with Crippen LogP contribution in [0.2, 0.25) is 5.02 Å². The Morgan fingerprint density at radius 2 is 2.11 bits per heavy atom. The second-order valence-electron chi connectivity index (χ2n) is 5.91. The molecule has 146 valence electrons. The molecule has 1 heterocycles. The van der Waals surface area contributed by atoms with E-state index in [1.165, 1.54) is 29.5 Å². The number of fused-ring (bicyclic) bond motifs is 1. The molecule has 28 heavy (non-hydrogen) atoms. The van der Waals surface area contributed by atoms with Crippen LogP contribution in [0.1, 0.15) is 30.6 Å². The first-order valence-corrected chi connectivity index (χ1v) is 9.93. The van der Waals surface area contributed by atoms with E-state index in [9.17, 15) is 14.9 Å². The molecule has 1 aromatic heterocycles. The molecule has 0 bridgehead atoms. The Morgan fingerprint density at radius 1 is 1.32 bits per heavy atom. The Bertz CT molecular complexity index is 1120. The van der Waals surface area contributed by atoms with E-state index >= 15 is 0 Å². The van der Waals surface area contributed by atoms with E-state index in [1.54, 1.807) is 0 Å². The van der Waals surface area contributed by atoms with Crippen LogP contribution in [-0.4, -0.2) is 22.0 Å². The third-order valence-corrected chi connectivity index (χ3v) is 5.27. The standard InChI is InChI=1S/C19H18ClN3O4S/c1-3-10-22-17-15(27-4-2)6-5-7-16(17)28-19(22)21-18(24)13-11-12(20)8-9-14(13)23(25)26/h5-9,11H,3-4,10H2,1-2H3. The maximum absolute atomic E-state index is 12.8. The smallest absolute Gasteiger partial charge is 0.286 e. The van der Waals surface area contributed by atoms with Crippen LogP contribution in [0.5, 0.6) is 5.75 Å². The van der Waals surface area contributed by atoms with E-state index in [-0.39, 0.29) is 16.3 Å². The van der Waals surface area contributed by atoms with Gasteiger partial charge in [-0.1, -0.05) is 35.9 Å². The highest BCUT2D eigenvalue weighted by molar-refractivity contribution is 7.16.